The van der Waals surface area contributed by atoms with Gasteiger partial charge in [-0.25, -0.2) is 0 Å². The molecule has 0 aliphatic heterocycles. The lowest BCUT2D eigenvalue weighted by atomic mass is 10.0. The van der Waals surface area contributed by atoms with Crippen LogP contribution in [0.25, 0.3) is 0 Å². The Labute approximate surface area is 363 Å². The van der Waals surface area contributed by atoms with Crippen molar-refractivity contribution < 1.29 is 42.9 Å². The molecule has 0 spiro atoms. The van der Waals surface area contributed by atoms with Gasteiger partial charge < -0.3 is 33.3 Å². The van der Waals surface area contributed by atoms with Crippen molar-refractivity contribution in [3.05, 3.63) is 24.3 Å². The number of nitrogens with zero attached hydrogens (tertiary/aromatic N) is 1. The molecule has 0 N–H and O–H groups in total. The van der Waals surface area contributed by atoms with Crippen LogP contribution in [0.15, 0.2) is 24.3 Å². The first kappa shape index (κ1) is 56.8. The number of allylic oxidation sites excluding steroid dienone is 4. The highest BCUT2D eigenvalue weighted by atomic mass is 16.7. The molecule has 0 rings (SSSR count). The largest absolute Gasteiger partial charge is 0.545 e. The number of carboxylic acids is 1. The molecule has 0 heterocycles. The van der Waals surface area contributed by atoms with E-state index in [1.807, 2.05) is 21.1 Å². The second-order valence-corrected chi connectivity index (χ2v) is 17.7. The molecule has 0 aliphatic carbocycles. The lowest BCUT2D eigenvalue weighted by Gasteiger charge is -2.26. The Balaban J connectivity index is 4.27. The van der Waals surface area contributed by atoms with Crippen LogP contribution < -0.4 is 5.11 Å². The normalized spacial score (nSPS) is 13.0. The minimum absolute atomic E-state index is 0.148. The number of carbonyl (C=O) groups is 3. The van der Waals surface area contributed by atoms with E-state index in [1.165, 1.54) is 128 Å². The molecule has 2 atom stereocenters. The number of rotatable bonds is 45. The third kappa shape index (κ3) is 43.7. The topological polar surface area (TPSA) is 111 Å². The average Bonchev–Trinajstić information content (AvgIpc) is 3.19. The van der Waals surface area contributed by atoms with Crippen molar-refractivity contribution >= 4 is 17.9 Å². The molecule has 2 unspecified atom stereocenters. The summed E-state index contributed by atoms with van der Waals surface area (Å²) in [7, 11) is 5.91. The quantitative estimate of drug-likeness (QED) is 0.0196. The van der Waals surface area contributed by atoms with Gasteiger partial charge in [0.25, 0.3) is 0 Å². The number of esters is 2. The smallest absolute Gasteiger partial charge is 0.306 e. The zero-order valence-electron chi connectivity index (χ0n) is 39.1. The van der Waals surface area contributed by atoms with Crippen LogP contribution in [0.3, 0.4) is 0 Å². The number of ether oxygens (including phenoxy) is 4. The van der Waals surface area contributed by atoms with E-state index in [0.717, 1.165) is 57.8 Å². The van der Waals surface area contributed by atoms with Crippen LogP contribution >= 0.6 is 0 Å². The van der Waals surface area contributed by atoms with Gasteiger partial charge >= 0.3 is 11.9 Å². The third-order valence-electron chi connectivity index (χ3n) is 10.7. The monoisotopic (exact) mass is 836 g/mol. The van der Waals surface area contributed by atoms with Gasteiger partial charge in [-0.05, 0) is 57.8 Å². The summed E-state index contributed by atoms with van der Waals surface area (Å²) >= 11 is 0. The minimum Gasteiger partial charge on any atom is -0.545 e. The van der Waals surface area contributed by atoms with E-state index in [9.17, 15) is 19.5 Å². The molecule has 9 heteroatoms. The van der Waals surface area contributed by atoms with Crippen LogP contribution in [0.2, 0.25) is 0 Å². The van der Waals surface area contributed by atoms with Crippen LogP contribution in [0.1, 0.15) is 219 Å². The molecular formula is C50H93NO8. The second-order valence-electron chi connectivity index (χ2n) is 17.7. The van der Waals surface area contributed by atoms with Crippen molar-refractivity contribution in [1.29, 1.82) is 0 Å². The highest BCUT2D eigenvalue weighted by Crippen LogP contribution is 2.15. The Morgan fingerprint density at radius 1 is 0.492 bits per heavy atom. The summed E-state index contributed by atoms with van der Waals surface area (Å²) in [5.74, 6) is -2.29. The Morgan fingerprint density at radius 3 is 1.31 bits per heavy atom. The first-order valence-electron chi connectivity index (χ1n) is 24.5. The van der Waals surface area contributed by atoms with Gasteiger partial charge in [0, 0.05) is 12.8 Å². The molecular weight excluding hydrogens is 743 g/mol. The molecule has 0 saturated heterocycles. The molecule has 0 aromatic rings. The Kier molecular flexibility index (Phi) is 40.9. The van der Waals surface area contributed by atoms with E-state index in [1.54, 1.807) is 0 Å². The predicted octanol–water partition coefficient (Wildman–Crippen LogP) is 11.9. The molecule has 0 saturated carbocycles. The molecule has 0 radical (unpaired) electrons. The Hall–Kier alpha value is -2.23. The Morgan fingerprint density at radius 2 is 0.881 bits per heavy atom. The number of hydrogen-bond acceptors (Lipinski definition) is 8. The van der Waals surface area contributed by atoms with E-state index in [4.69, 9.17) is 18.9 Å². The summed E-state index contributed by atoms with van der Waals surface area (Å²) in [6.45, 7) is 4.70. The Bertz CT molecular complexity index is 1020. The number of carboxylic acid groups (broad SMARTS) is 1. The second kappa shape index (κ2) is 42.5. The molecule has 346 valence electrons. The first-order chi connectivity index (χ1) is 28.6. The van der Waals surface area contributed by atoms with Crippen LogP contribution in [0, 0.1) is 0 Å². The van der Waals surface area contributed by atoms with E-state index in [0.29, 0.717) is 17.4 Å². The van der Waals surface area contributed by atoms with E-state index >= 15 is 0 Å². The van der Waals surface area contributed by atoms with Gasteiger partial charge in [-0.3, -0.25) is 9.59 Å². The maximum absolute atomic E-state index is 12.8. The van der Waals surface area contributed by atoms with Gasteiger partial charge in [-0.1, -0.05) is 173 Å². The van der Waals surface area contributed by atoms with E-state index in [2.05, 4.69) is 38.2 Å². The average molecular weight is 836 g/mol. The summed E-state index contributed by atoms with van der Waals surface area (Å²) in [6, 6.07) is 0. The highest BCUT2D eigenvalue weighted by Gasteiger charge is 2.21. The lowest BCUT2D eigenvalue weighted by Crippen LogP contribution is -2.44. The fourth-order valence-electron chi connectivity index (χ4n) is 6.81. The highest BCUT2D eigenvalue weighted by molar-refractivity contribution is 5.70. The lowest BCUT2D eigenvalue weighted by molar-refractivity contribution is -0.870. The minimum atomic E-state index is -1.62. The van der Waals surface area contributed by atoms with Crippen LogP contribution in [-0.4, -0.2) is 82.3 Å². The molecule has 59 heavy (non-hydrogen) atoms. The summed E-state index contributed by atoms with van der Waals surface area (Å²) in [5.41, 5.74) is 0. The molecule has 0 fully saturated rings. The van der Waals surface area contributed by atoms with Crippen LogP contribution in [0.4, 0.5) is 0 Å². The zero-order chi connectivity index (χ0) is 43.5. The molecule has 9 nitrogen and oxygen atoms in total. The van der Waals surface area contributed by atoms with Crippen molar-refractivity contribution in [2.75, 3.05) is 47.5 Å². The van der Waals surface area contributed by atoms with Gasteiger partial charge in [0.1, 0.15) is 13.2 Å². The van der Waals surface area contributed by atoms with E-state index < -0.39 is 24.3 Å². The van der Waals surface area contributed by atoms with Crippen molar-refractivity contribution in [2.45, 2.75) is 232 Å². The van der Waals surface area contributed by atoms with Crippen molar-refractivity contribution in [2.24, 2.45) is 0 Å². The van der Waals surface area contributed by atoms with Gasteiger partial charge in [-0.2, -0.15) is 0 Å². The zero-order valence-corrected chi connectivity index (χ0v) is 39.1. The summed E-state index contributed by atoms with van der Waals surface area (Å²) in [4.78, 5) is 37.0. The number of carbonyl (C=O) groups excluding carboxylic acids is 3. The van der Waals surface area contributed by atoms with Gasteiger partial charge in [0.05, 0.1) is 40.3 Å². The first-order valence-corrected chi connectivity index (χ1v) is 24.5. The maximum atomic E-state index is 12.8. The number of aliphatic carboxylic acids is 1. The molecule has 0 aliphatic rings. The van der Waals surface area contributed by atoms with E-state index in [-0.39, 0.29) is 38.6 Å². The molecule has 0 bridgehead atoms. The summed E-state index contributed by atoms with van der Waals surface area (Å²) in [6.07, 6.45) is 43.6. The third-order valence-corrected chi connectivity index (χ3v) is 10.7. The maximum Gasteiger partial charge on any atom is 0.306 e. The number of likely N-dealkylation sites (N-methyl/N-ethyl adjacent to an activating group) is 1. The summed E-state index contributed by atoms with van der Waals surface area (Å²) in [5, 5.41) is 11.7. The van der Waals surface area contributed by atoms with Crippen LogP contribution in [-0.2, 0) is 33.3 Å². The standard InChI is InChI=1S/C50H93NO8/c1-6-8-10-12-14-16-18-19-20-21-22-23-24-25-26-27-28-29-31-33-35-37-39-41-48(53)59-46(45-58-50(49(54)55)56-43-42-51(3,4)5)44-57-47(52)40-38-36-34-32-30-17-15-13-11-9-7-2/h13,15,21-22,46,50H,6-12,14,16-20,23-45H2,1-5H3/b15-13-,22-21-. The number of quaternary nitrogens is 1. The van der Waals surface area contributed by atoms with Crippen molar-refractivity contribution in [3.8, 4) is 0 Å². The number of unbranched alkanes of at least 4 members (excludes halogenated alkanes) is 26. The van der Waals surface area contributed by atoms with Crippen molar-refractivity contribution in [3.63, 3.8) is 0 Å². The van der Waals surface area contributed by atoms with Crippen molar-refractivity contribution in [1.82, 2.24) is 0 Å². The van der Waals surface area contributed by atoms with Crippen LogP contribution in [0.5, 0.6) is 0 Å². The van der Waals surface area contributed by atoms with Gasteiger partial charge in [0.15, 0.2) is 12.4 Å². The van der Waals surface area contributed by atoms with Gasteiger partial charge in [-0.15, -0.1) is 0 Å². The fourth-order valence-corrected chi connectivity index (χ4v) is 6.81. The number of hydrogen-bond donors (Lipinski definition) is 0. The van der Waals surface area contributed by atoms with Gasteiger partial charge in [0.2, 0.25) is 0 Å². The fraction of sp³-hybridized carbons (Fsp3) is 0.860. The SMILES string of the molecule is CCCC/C=C\CCCCCCCC(=O)OCC(COC(OCC[N+](C)(C)C)C(=O)[O-])OC(=O)CCCCCCCCCCCCC/C=C\CCCCCCCCCC. The molecule has 0 aromatic heterocycles. The predicted molar refractivity (Wildman–Crippen MR) is 242 cm³/mol. The molecule has 0 aromatic carbocycles. The summed E-state index contributed by atoms with van der Waals surface area (Å²) < 4.78 is 22.6. The molecule has 0 amide bonds.